The van der Waals surface area contributed by atoms with Crippen LogP contribution in [0.1, 0.15) is 77.6 Å². The van der Waals surface area contributed by atoms with Crippen molar-refractivity contribution in [2.24, 2.45) is 0 Å². The van der Waals surface area contributed by atoms with Gasteiger partial charge >= 0.3 is 11.4 Å². The largest absolute Gasteiger partial charge is 0.301 e. The van der Waals surface area contributed by atoms with Crippen molar-refractivity contribution in [3.05, 3.63) is 0 Å². The molecule has 0 aromatic rings. The summed E-state index contributed by atoms with van der Waals surface area (Å²) in [6.07, 6.45) is 14.1. The zero-order valence-corrected chi connectivity index (χ0v) is 12.0. The molecule has 0 rings (SSSR count). The van der Waals surface area contributed by atoms with Gasteiger partial charge in [0.1, 0.15) is 0 Å². The molecule has 0 aromatic heterocycles. The van der Waals surface area contributed by atoms with Crippen molar-refractivity contribution in [2.75, 3.05) is 6.61 Å². The molecule has 0 bridgehead atoms. The highest BCUT2D eigenvalue weighted by molar-refractivity contribution is 7.74. The molecular weight excluding hydrogens is 236 g/mol. The molecule has 0 aliphatic rings. The van der Waals surface area contributed by atoms with Crippen molar-refractivity contribution in [2.45, 2.75) is 77.6 Å². The van der Waals surface area contributed by atoms with Gasteiger partial charge in [0.05, 0.1) is 6.61 Å². The van der Waals surface area contributed by atoms with Crippen molar-refractivity contribution in [1.29, 1.82) is 0 Å². The molecule has 1 unspecified atom stereocenters. The Morgan fingerprint density at radius 1 is 0.824 bits per heavy atom. The van der Waals surface area contributed by atoms with E-state index in [1.807, 2.05) is 0 Å². The van der Waals surface area contributed by atoms with Crippen molar-refractivity contribution < 1.29 is 12.9 Å². The van der Waals surface area contributed by atoms with E-state index in [1.54, 1.807) is 0 Å². The minimum atomic E-state index is -2.08. The van der Waals surface area contributed by atoms with Crippen LogP contribution in [0.25, 0.3) is 0 Å². The van der Waals surface area contributed by atoms with E-state index >= 15 is 0 Å². The molecule has 0 radical (unpaired) electrons. The van der Waals surface area contributed by atoms with Gasteiger partial charge in [0, 0.05) is 0 Å². The summed E-state index contributed by atoms with van der Waals surface area (Å²) in [5.74, 6) is 0. The summed E-state index contributed by atoms with van der Waals surface area (Å²) in [4.78, 5) is 0. The lowest BCUT2D eigenvalue weighted by Gasteiger charge is -2.02. The van der Waals surface area contributed by atoms with Gasteiger partial charge in [-0.1, -0.05) is 71.1 Å². The minimum absolute atomic E-state index is 0.403. The molecule has 104 valence electrons. The first kappa shape index (κ1) is 17.1. The molecule has 3 nitrogen and oxygen atoms in total. The molecule has 1 atom stereocenters. The van der Waals surface area contributed by atoms with Gasteiger partial charge in [-0.2, -0.15) is 4.21 Å². The van der Waals surface area contributed by atoms with Crippen molar-refractivity contribution in [3.63, 3.8) is 0 Å². The molecule has 0 heterocycles. The summed E-state index contributed by atoms with van der Waals surface area (Å²) in [5, 5.41) is 0. The molecule has 0 aromatic carbocycles. The van der Waals surface area contributed by atoms with Crippen LogP contribution < -0.4 is 0 Å². The van der Waals surface area contributed by atoms with E-state index in [4.69, 9.17) is 4.55 Å². The maximum atomic E-state index is 10.2. The lowest BCUT2D eigenvalue weighted by Crippen LogP contribution is -1.97. The zero-order chi connectivity index (χ0) is 12.8. The molecule has 0 saturated carbocycles. The minimum Gasteiger partial charge on any atom is -0.284 e. The summed E-state index contributed by atoms with van der Waals surface area (Å²) in [7, 11) is 0. The Labute approximate surface area is 109 Å². The lowest BCUT2D eigenvalue weighted by molar-refractivity contribution is 0.296. The van der Waals surface area contributed by atoms with E-state index in [1.165, 1.54) is 57.8 Å². The molecule has 1 N–H and O–H groups in total. The fraction of sp³-hybridized carbons (Fsp3) is 1.00. The van der Waals surface area contributed by atoms with E-state index in [0.29, 0.717) is 6.61 Å². The van der Waals surface area contributed by atoms with Crippen LogP contribution in [-0.2, 0) is 15.5 Å². The maximum Gasteiger partial charge on any atom is 0.301 e. The summed E-state index contributed by atoms with van der Waals surface area (Å²) in [5.41, 5.74) is 0. The van der Waals surface area contributed by atoms with Gasteiger partial charge in [0.15, 0.2) is 0 Å². The summed E-state index contributed by atoms with van der Waals surface area (Å²) < 4.78 is 23.1. The summed E-state index contributed by atoms with van der Waals surface area (Å²) in [6.45, 7) is 2.65. The van der Waals surface area contributed by atoms with Crippen LogP contribution in [0, 0.1) is 0 Å². The van der Waals surface area contributed by atoms with Crippen molar-refractivity contribution in [3.8, 4) is 0 Å². The maximum absolute atomic E-state index is 10.2. The first-order chi connectivity index (χ1) is 8.27. The molecule has 4 heteroatoms. The highest BCUT2D eigenvalue weighted by atomic mass is 32.2. The Balaban J connectivity index is 2.91. The number of rotatable bonds is 13. The standard InChI is InChI=1S/C13H28O3S/c1-2-3-4-5-6-7-8-9-10-11-12-13-16-17(14)15/h2-13H2,1H3,(H,14,15). The van der Waals surface area contributed by atoms with Gasteiger partial charge in [-0.3, -0.25) is 8.74 Å². The molecular formula is C13H28O3S. The second-order valence-electron chi connectivity index (χ2n) is 4.57. The molecule has 0 spiro atoms. The normalized spacial score (nSPS) is 12.8. The van der Waals surface area contributed by atoms with Crippen molar-refractivity contribution >= 4 is 11.4 Å². The number of unbranched alkanes of at least 4 members (excludes halogenated alkanes) is 10. The lowest BCUT2D eigenvalue weighted by atomic mass is 10.1. The van der Waals surface area contributed by atoms with E-state index in [-0.39, 0.29) is 0 Å². The zero-order valence-electron chi connectivity index (χ0n) is 11.2. The van der Waals surface area contributed by atoms with Gasteiger partial charge in [0.25, 0.3) is 0 Å². The molecule has 0 aliphatic carbocycles. The second kappa shape index (κ2) is 14.1. The average molecular weight is 264 g/mol. The highest BCUT2D eigenvalue weighted by Crippen LogP contribution is 2.11. The van der Waals surface area contributed by atoms with Gasteiger partial charge < -0.3 is 0 Å². The quantitative estimate of drug-likeness (QED) is 0.395. The third-order valence-electron chi connectivity index (χ3n) is 2.93. The second-order valence-corrected chi connectivity index (χ2v) is 5.24. The molecule has 0 amide bonds. The first-order valence-electron chi connectivity index (χ1n) is 7.01. The number of hydrogen-bond donors (Lipinski definition) is 1. The van der Waals surface area contributed by atoms with Gasteiger partial charge in [0.2, 0.25) is 0 Å². The Bertz CT molecular complexity index is 174. The van der Waals surface area contributed by atoms with Crippen LogP contribution in [-0.4, -0.2) is 15.4 Å². The Morgan fingerprint density at radius 2 is 1.24 bits per heavy atom. The van der Waals surface area contributed by atoms with Gasteiger partial charge in [-0.05, 0) is 6.42 Å². The smallest absolute Gasteiger partial charge is 0.284 e. The number of hydrogen-bond acceptors (Lipinski definition) is 2. The molecule has 0 fully saturated rings. The van der Waals surface area contributed by atoms with Crippen LogP contribution in [0.2, 0.25) is 0 Å². The Morgan fingerprint density at radius 3 is 1.65 bits per heavy atom. The van der Waals surface area contributed by atoms with Crippen LogP contribution in [0.3, 0.4) is 0 Å². The Hall–Kier alpha value is 0.0700. The van der Waals surface area contributed by atoms with Gasteiger partial charge in [-0.25, -0.2) is 0 Å². The molecule has 0 aliphatic heterocycles. The third-order valence-corrected chi connectivity index (χ3v) is 3.30. The predicted molar refractivity (Wildman–Crippen MR) is 73.2 cm³/mol. The highest BCUT2D eigenvalue weighted by Gasteiger charge is 1.95. The fourth-order valence-corrected chi connectivity index (χ4v) is 2.16. The van der Waals surface area contributed by atoms with E-state index in [0.717, 1.165) is 12.8 Å². The van der Waals surface area contributed by atoms with Crippen LogP contribution in [0.4, 0.5) is 0 Å². The van der Waals surface area contributed by atoms with E-state index < -0.39 is 11.4 Å². The first-order valence-corrected chi connectivity index (χ1v) is 8.04. The summed E-state index contributed by atoms with van der Waals surface area (Å²) in [6, 6.07) is 0. The summed E-state index contributed by atoms with van der Waals surface area (Å²) >= 11 is -2.08. The molecule has 17 heavy (non-hydrogen) atoms. The van der Waals surface area contributed by atoms with Crippen molar-refractivity contribution in [1.82, 2.24) is 0 Å². The third kappa shape index (κ3) is 16.1. The van der Waals surface area contributed by atoms with Gasteiger partial charge in [-0.15, -0.1) is 0 Å². The van der Waals surface area contributed by atoms with Crippen LogP contribution in [0.15, 0.2) is 0 Å². The predicted octanol–water partition coefficient (Wildman–Crippen LogP) is 4.45. The molecule has 0 saturated heterocycles. The van der Waals surface area contributed by atoms with E-state index in [9.17, 15) is 4.21 Å². The average Bonchev–Trinajstić information content (AvgIpc) is 2.30. The topological polar surface area (TPSA) is 46.5 Å². The Kier molecular flexibility index (Phi) is 14.2. The van der Waals surface area contributed by atoms with Crippen LogP contribution >= 0.6 is 0 Å². The monoisotopic (exact) mass is 264 g/mol. The van der Waals surface area contributed by atoms with Crippen LogP contribution in [0.5, 0.6) is 0 Å². The fourth-order valence-electron chi connectivity index (χ4n) is 1.90. The van der Waals surface area contributed by atoms with E-state index in [2.05, 4.69) is 11.1 Å². The SMILES string of the molecule is CCCCCCCCCCCCCOS(=O)O.